The summed E-state index contributed by atoms with van der Waals surface area (Å²) < 4.78 is 5.22. The van der Waals surface area contributed by atoms with Gasteiger partial charge in [-0.15, -0.1) is 11.8 Å². The molecule has 2 saturated heterocycles. The fraction of sp³-hybridized carbons (Fsp3) is 0.571. The molecule has 29 heavy (non-hydrogen) atoms. The molecule has 0 spiro atoms. The van der Waals surface area contributed by atoms with Gasteiger partial charge in [0, 0.05) is 5.75 Å². The summed E-state index contributed by atoms with van der Waals surface area (Å²) in [5, 5.41) is 12.6. The van der Waals surface area contributed by atoms with Crippen LogP contribution in [0.4, 0.5) is 0 Å². The molecule has 1 unspecified atom stereocenters. The maximum absolute atomic E-state index is 13.2. The molecule has 2 aliphatic rings. The van der Waals surface area contributed by atoms with E-state index in [-0.39, 0.29) is 23.9 Å². The van der Waals surface area contributed by atoms with Crippen molar-refractivity contribution in [1.29, 1.82) is 0 Å². The first-order chi connectivity index (χ1) is 14.0. The highest BCUT2D eigenvalue weighted by atomic mass is 32.2. The fourth-order valence-corrected chi connectivity index (χ4v) is 5.39. The van der Waals surface area contributed by atoms with Crippen molar-refractivity contribution < 1.29 is 24.2 Å². The van der Waals surface area contributed by atoms with Crippen LogP contribution >= 0.6 is 11.8 Å². The summed E-state index contributed by atoms with van der Waals surface area (Å²) in [6.07, 6.45) is 3.34. The molecule has 8 heteroatoms. The Morgan fingerprint density at radius 2 is 2.07 bits per heavy atom. The predicted molar refractivity (Wildman–Crippen MR) is 110 cm³/mol. The van der Waals surface area contributed by atoms with Crippen molar-refractivity contribution >= 4 is 29.6 Å². The summed E-state index contributed by atoms with van der Waals surface area (Å²) in [7, 11) is 0. The largest absolute Gasteiger partial charge is 0.480 e. The first kappa shape index (κ1) is 21.6. The van der Waals surface area contributed by atoms with E-state index in [1.807, 2.05) is 30.3 Å². The number of hydrogen-bond donors (Lipinski definition) is 2. The Labute approximate surface area is 175 Å². The minimum atomic E-state index is -0.972. The highest BCUT2D eigenvalue weighted by Gasteiger charge is 2.45. The van der Waals surface area contributed by atoms with Crippen LogP contribution in [0.25, 0.3) is 0 Å². The number of amides is 1. The number of fused-ring (bicyclic) bond motifs is 1. The smallest absolute Gasteiger partial charge is 0.327 e. The maximum atomic E-state index is 13.2. The second-order valence-corrected chi connectivity index (χ2v) is 8.58. The Hall–Kier alpha value is -2.06. The van der Waals surface area contributed by atoms with Gasteiger partial charge in [0.15, 0.2) is 0 Å². The lowest BCUT2D eigenvalue weighted by molar-refractivity contribution is -0.151. The Morgan fingerprint density at radius 3 is 2.76 bits per heavy atom. The standard InChI is InChI=1S/C21H28N2O5S/c1-2-28-21(27)16(12-11-14-7-4-3-5-8-14)22-15-9-6-10-18-23(19(15)24)17(13-29-18)20(25)26/h3-5,7-8,15-18,22H,2,6,9-13H2,1H3,(H,25,26)/t15-,16?,17-,18+/m1/s1. The average molecular weight is 421 g/mol. The number of hydrogen-bond acceptors (Lipinski definition) is 6. The number of carbonyl (C=O) groups excluding carboxylic acids is 2. The SMILES string of the molecule is CCOC(=O)C(CCc1ccccc1)N[C@@H]1CCC[C@@H]2SC[C@H](C(=O)O)N2C1=O. The lowest BCUT2D eigenvalue weighted by Crippen LogP contribution is -2.55. The van der Waals surface area contributed by atoms with Crippen LogP contribution in [0.15, 0.2) is 30.3 Å². The molecule has 1 aromatic rings. The molecule has 158 valence electrons. The number of aliphatic carboxylic acids is 1. The quantitative estimate of drug-likeness (QED) is 0.622. The summed E-state index contributed by atoms with van der Waals surface area (Å²) in [4.78, 5) is 38.8. The average Bonchev–Trinajstić information content (AvgIpc) is 3.08. The second kappa shape index (κ2) is 10.1. The molecular formula is C21H28N2O5S. The van der Waals surface area contributed by atoms with Crippen molar-refractivity contribution in [3.63, 3.8) is 0 Å². The molecule has 0 aliphatic carbocycles. The van der Waals surface area contributed by atoms with E-state index in [1.165, 1.54) is 16.7 Å². The molecule has 3 rings (SSSR count). The molecule has 4 atom stereocenters. The van der Waals surface area contributed by atoms with Crippen molar-refractivity contribution in [3.8, 4) is 0 Å². The Balaban J connectivity index is 1.72. The number of nitrogens with zero attached hydrogens (tertiary/aromatic N) is 1. The van der Waals surface area contributed by atoms with Crippen LogP contribution in [0.5, 0.6) is 0 Å². The second-order valence-electron chi connectivity index (χ2n) is 7.37. The van der Waals surface area contributed by atoms with Crippen LogP contribution in [0.2, 0.25) is 0 Å². The molecule has 0 radical (unpaired) electrons. The normalized spacial score (nSPS) is 25.2. The van der Waals surface area contributed by atoms with Crippen LogP contribution in [-0.4, -0.2) is 63.7 Å². The van der Waals surface area contributed by atoms with Gasteiger partial charge in [-0.05, 0) is 44.6 Å². The summed E-state index contributed by atoms with van der Waals surface area (Å²) in [6, 6.07) is 7.86. The number of rotatable bonds is 8. The molecule has 2 fully saturated rings. The first-order valence-corrected chi connectivity index (χ1v) is 11.2. The van der Waals surface area contributed by atoms with E-state index in [2.05, 4.69) is 5.32 Å². The zero-order valence-corrected chi connectivity index (χ0v) is 17.4. The van der Waals surface area contributed by atoms with E-state index in [9.17, 15) is 19.5 Å². The van der Waals surface area contributed by atoms with Gasteiger partial charge >= 0.3 is 11.9 Å². The van der Waals surface area contributed by atoms with E-state index < -0.39 is 24.1 Å². The summed E-state index contributed by atoms with van der Waals surface area (Å²) >= 11 is 1.53. The van der Waals surface area contributed by atoms with Crippen molar-refractivity contribution in [1.82, 2.24) is 10.2 Å². The fourth-order valence-electron chi connectivity index (χ4n) is 3.94. The lowest BCUT2D eigenvalue weighted by atomic mass is 10.0. The number of ether oxygens (including phenoxy) is 1. The minimum Gasteiger partial charge on any atom is -0.480 e. The molecular weight excluding hydrogens is 392 g/mol. The van der Waals surface area contributed by atoms with Gasteiger partial charge in [-0.2, -0.15) is 0 Å². The van der Waals surface area contributed by atoms with Gasteiger partial charge in [-0.25, -0.2) is 4.79 Å². The lowest BCUT2D eigenvalue weighted by Gasteiger charge is -2.30. The topological polar surface area (TPSA) is 95.9 Å². The van der Waals surface area contributed by atoms with Crippen molar-refractivity contribution in [2.24, 2.45) is 0 Å². The van der Waals surface area contributed by atoms with Gasteiger partial charge < -0.3 is 14.7 Å². The molecule has 0 saturated carbocycles. The van der Waals surface area contributed by atoms with Crippen molar-refractivity contribution in [3.05, 3.63) is 35.9 Å². The highest BCUT2D eigenvalue weighted by Crippen LogP contribution is 2.35. The van der Waals surface area contributed by atoms with Gasteiger partial charge in [0.05, 0.1) is 18.0 Å². The molecule has 1 aromatic carbocycles. The third kappa shape index (κ3) is 5.30. The molecule has 0 bridgehead atoms. The number of aryl methyl sites for hydroxylation is 1. The van der Waals surface area contributed by atoms with Crippen LogP contribution < -0.4 is 5.32 Å². The predicted octanol–water partition coefficient (Wildman–Crippen LogP) is 2.05. The molecule has 2 heterocycles. The summed E-state index contributed by atoms with van der Waals surface area (Å²) in [5.74, 6) is -1.16. The van der Waals surface area contributed by atoms with E-state index >= 15 is 0 Å². The molecule has 1 amide bonds. The highest BCUT2D eigenvalue weighted by molar-refractivity contribution is 8.00. The van der Waals surface area contributed by atoms with E-state index in [0.717, 1.165) is 18.4 Å². The van der Waals surface area contributed by atoms with Crippen LogP contribution in [-0.2, 0) is 25.5 Å². The van der Waals surface area contributed by atoms with Gasteiger partial charge in [-0.1, -0.05) is 30.3 Å². The number of benzene rings is 1. The van der Waals surface area contributed by atoms with E-state index in [0.29, 0.717) is 25.0 Å². The summed E-state index contributed by atoms with van der Waals surface area (Å²) in [5.41, 5.74) is 1.11. The van der Waals surface area contributed by atoms with Crippen LogP contribution in [0, 0.1) is 0 Å². The van der Waals surface area contributed by atoms with Gasteiger partial charge in [0.1, 0.15) is 12.1 Å². The maximum Gasteiger partial charge on any atom is 0.327 e. The Kier molecular flexibility index (Phi) is 7.55. The zero-order valence-electron chi connectivity index (χ0n) is 16.6. The minimum absolute atomic E-state index is 0.0965. The number of esters is 1. The van der Waals surface area contributed by atoms with Gasteiger partial charge in [0.2, 0.25) is 5.91 Å². The van der Waals surface area contributed by atoms with Crippen molar-refractivity contribution in [2.45, 2.75) is 62.5 Å². The number of carbonyl (C=O) groups is 3. The molecule has 2 N–H and O–H groups in total. The van der Waals surface area contributed by atoms with Gasteiger partial charge in [-0.3, -0.25) is 14.9 Å². The van der Waals surface area contributed by atoms with Crippen LogP contribution in [0.3, 0.4) is 0 Å². The number of thioether (sulfide) groups is 1. The third-order valence-electron chi connectivity index (χ3n) is 5.41. The molecule has 0 aromatic heterocycles. The molecule has 7 nitrogen and oxygen atoms in total. The van der Waals surface area contributed by atoms with Gasteiger partial charge in [0.25, 0.3) is 0 Å². The monoisotopic (exact) mass is 420 g/mol. The number of nitrogens with one attached hydrogen (secondary N) is 1. The van der Waals surface area contributed by atoms with E-state index in [1.54, 1.807) is 6.92 Å². The summed E-state index contributed by atoms with van der Waals surface area (Å²) in [6.45, 7) is 2.03. The third-order valence-corrected chi connectivity index (χ3v) is 6.77. The zero-order chi connectivity index (χ0) is 20.8. The number of carboxylic acids is 1. The first-order valence-electron chi connectivity index (χ1n) is 10.1. The Bertz CT molecular complexity index is 729. The Morgan fingerprint density at radius 1 is 1.31 bits per heavy atom. The van der Waals surface area contributed by atoms with Crippen LogP contribution in [0.1, 0.15) is 38.2 Å². The number of carboxylic acid groups (broad SMARTS) is 1. The van der Waals surface area contributed by atoms with E-state index in [4.69, 9.17) is 4.74 Å². The van der Waals surface area contributed by atoms with Crippen molar-refractivity contribution in [2.75, 3.05) is 12.4 Å². The molecule has 2 aliphatic heterocycles.